The van der Waals surface area contributed by atoms with Gasteiger partial charge in [0, 0.05) is 31.7 Å². The molecule has 2 fully saturated rings. The highest BCUT2D eigenvalue weighted by Crippen LogP contribution is 2.31. The van der Waals surface area contributed by atoms with E-state index < -0.39 is 0 Å². The lowest BCUT2D eigenvalue weighted by molar-refractivity contribution is -0.0225. The van der Waals surface area contributed by atoms with Crippen molar-refractivity contribution in [2.24, 2.45) is 11.3 Å². The molecule has 0 spiro atoms. The molecular formula is C13H26N2O. The number of hydrogen-bond donors (Lipinski definition) is 1. The number of nitrogens with one attached hydrogen (secondary N) is 1. The van der Waals surface area contributed by atoms with Crippen LogP contribution in [0.2, 0.25) is 0 Å². The second-order valence-electron chi connectivity index (χ2n) is 5.82. The Hall–Kier alpha value is -0.120. The van der Waals surface area contributed by atoms with Gasteiger partial charge in [0.15, 0.2) is 0 Å². The first-order chi connectivity index (χ1) is 7.74. The second-order valence-corrected chi connectivity index (χ2v) is 5.82. The zero-order chi connectivity index (χ0) is 11.4. The third kappa shape index (κ3) is 2.96. The zero-order valence-electron chi connectivity index (χ0n) is 10.8. The highest BCUT2D eigenvalue weighted by molar-refractivity contribution is 4.88. The molecule has 16 heavy (non-hydrogen) atoms. The Kier molecular flexibility index (Phi) is 4.22. The predicted molar refractivity (Wildman–Crippen MR) is 66.6 cm³/mol. The van der Waals surface area contributed by atoms with Gasteiger partial charge in [0.2, 0.25) is 0 Å². The maximum atomic E-state index is 5.71. The van der Waals surface area contributed by atoms with E-state index in [0.717, 1.165) is 25.7 Å². The van der Waals surface area contributed by atoms with Gasteiger partial charge in [-0.15, -0.1) is 0 Å². The molecule has 0 aromatic carbocycles. The van der Waals surface area contributed by atoms with E-state index in [2.05, 4.69) is 24.2 Å². The minimum absolute atomic E-state index is 0.372. The van der Waals surface area contributed by atoms with Crippen LogP contribution in [0, 0.1) is 11.3 Å². The number of ether oxygens (including phenoxy) is 1. The van der Waals surface area contributed by atoms with Crippen LogP contribution in [0.5, 0.6) is 0 Å². The summed E-state index contributed by atoms with van der Waals surface area (Å²) in [5.74, 6) is 0.885. The Morgan fingerprint density at radius 2 is 2.38 bits per heavy atom. The topological polar surface area (TPSA) is 24.5 Å². The lowest BCUT2D eigenvalue weighted by Crippen LogP contribution is -2.48. The number of rotatable bonds is 4. The quantitative estimate of drug-likeness (QED) is 0.783. The molecule has 2 aliphatic heterocycles. The van der Waals surface area contributed by atoms with Crippen LogP contribution in [0.4, 0.5) is 0 Å². The Morgan fingerprint density at radius 3 is 2.94 bits per heavy atom. The molecule has 2 unspecified atom stereocenters. The van der Waals surface area contributed by atoms with Gasteiger partial charge in [0.05, 0.1) is 6.61 Å². The fraction of sp³-hybridized carbons (Fsp3) is 1.00. The van der Waals surface area contributed by atoms with Gasteiger partial charge in [-0.05, 0) is 38.8 Å². The van der Waals surface area contributed by atoms with Crippen molar-refractivity contribution < 1.29 is 4.74 Å². The van der Waals surface area contributed by atoms with Gasteiger partial charge in [-0.2, -0.15) is 0 Å². The Morgan fingerprint density at radius 1 is 1.50 bits per heavy atom. The van der Waals surface area contributed by atoms with Crippen molar-refractivity contribution in [2.45, 2.75) is 26.2 Å². The van der Waals surface area contributed by atoms with Crippen LogP contribution < -0.4 is 5.32 Å². The van der Waals surface area contributed by atoms with Gasteiger partial charge >= 0.3 is 0 Å². The van der Waals surface area contributed by atoms with Crippen LogP contribution in [0.15, 0.2) is 0 Å². The van der Waals surface area contributed by atoms with Gasteiger partial charge < -0.3 is 15.0 Å². The van der Waals surface area contributed by atoms with E-state index in [1.54, 1.807) is 0 Å². The zero-order valence-corrected chi connectivity index (χ0v) is 10.8. The van der Waals surface area contributed by atoms with E-state index in [1.807, 2.05) is 0 Å². The molecule has 2 rings (SSSR count). The van der Waals surface area contributed by atoms with Crippen molar-refractivity contribution in [3.63, 3.8) is 0 Å². The lowest BCUT2D eigenvalue weighted by atomic mass is 9.82. The van der Waals surface area contributed by atoms with Crippen LogP contribution in [-0.4, -0.2) is 51.3 Å². The largest absolute Gasteiger partial charge is 0.381 e. The minimum Gasteiger partial charge on any atom is -0.381 e. The van der Waals surface area contributed by atoms with Crippen molar-refractivity contribution in [1.82, 2.24) is 10.2 Å². The van der Waals surface area contributed by atoms with Crippen LogP contribution in [0.25, 0.3) is 0 Å². The molecule has 3 heteroatoms. The summed E-state index contributed by atoms with van der Waals surface area (Å²) in [7, 11) is 2.06. The molecule has 2 saturated heterocycles. The fourth-order valence-electron chi connectivity index (χ4n) is 3.25. The third-order valence-corrected chi connectivity index (χ3v) is 4.02. The third-order valence-electron chi connectivity index (χ3n) is 4.02. The molecule has 0 radical (unpaired) electrons. The number of likely N-dealkylation sites (tertiary alicyclic amines) is 1. The Labute approximate surface area is 99.5 Å². The van der Waals surface area contributed by atoms with E-state index in [0.29, 0.717) is 5.41 Å². The molecule has 2 heterocycles. The Bertz CT molecular complexity index is 208. The van der Waals surface area contributed by atoms with E-state index in [9.17, 15) is 0 Å². The molecule has 1 N–H and O–H groups in total. The molecule has 0 aromatic heterocycles. The monoisotopic (exact) mass is 226 g/mol. The van der Waals surface area contributed by atoms with Crippen molar-refractivity contribution in [3.05, 3.63) is 0 Å². The normalized spacial score (nSPS) is 36.8. The molecule has 3 nitrogen and oxygen atoms in total. The fourth-order valence-corrected chi connectivity index (χ4v) is 3.25. The smallest absolute Gasteiger partial charge is 0.0546 e. The lowest BCUT2D eigenvalue weighted by Gasteiger charge is -2.39. The van der Waals surface area contributed by atoms with E-state index in [-0.39, 0.29) is 0 Å². The van der Waals surface area contributed by atoms with Gasteiger partial charge in [0.25, 0.3) is 0 Å². The maximum Gasteiger partial charge on any atom is 0.0546 e. The molecule has 0 saturated carbocycles. The molecule has 0 amide bonds. The SMILES string of the molecule is CNCC1(CN2CCC(C)C2)CCCOC1. The molecular weight excluding hydrogens is 200 g/mol. The summed E-state index contributed by atoms with van der Waals surface area (Å²) in [6, 6.07) is 0. The summed E-state index contributed by atoms with van der Waals surface area (Å²) in [4.78, 5) is 2.64. The van der Waals surface area contributed by atoms with Crippen LogP contribution in [0.1, 0.15) is 26.2 Å². The summed E-state index contributed by atoms with van der Waals surface area (Å²) < 4.78 is 5.71. The first kappa shape index (κ1) is 12.3. The summed E-state index contributed by atoms with van der Waals surface area (Å²) in [6.07, 6.45) is 3.92. The number of hydrogen-bond acceptors (Lipinski definition) is 3. The standard InChI is InChI=1S/C13H26N2O/c1-12-4-6-15(8-12)10-13(9-14-2)5-3-7-16-11-13/h12,14H,3-11H2,1-2H3. The summed E-state index contributed by atoms with van der Waals surface area (Å²) in [5, 5.41) is 3.36. The predicted octanol–water partition coefficient (Wildman–Crippen LogP) is 1.34. The minimum atomic E-state index is 0.372. The van der Waals surface area contributed by atoms with Crippen molar-refractivity contribution in [3.8, 4) is 0 Å². The highest BCUT2D eigenvalue weighted by Gasteiger charge is 2.35. The van der Waals surface area contributed by atoms with Crippen molar-refractivity contribution in [2.75, 3.05) is 46.4 Å². The van der Waals surface area contributed by atoms with Crippen LogP contribution >= 0.6 is 0 Å². The van der Waals surface area contributed by atoms with E-state index >= 15 is 0 Å². The van der Waals surface area contributed by atoms with Crippen LogP contribution in [0.3, 0.4) is 0 Å². The summed E-state index contributed by atoms with van der Waals surface area (Å²) >= 11 is 0. The van der Waals surface area contributed by atoms with E-state index in [4.69, 9.17) is 4.74 Å². The molecule has 94 valence electrons. The van der Waals surface area contributed by atoms with Crippen LogP contribution in [-0.2, 0) is 4.74 Å². The summed E-state index contributed by atoms with van der Waals surface area (Å²) in [5.41, 5.74) is 0.372. The van der Waals surface area contributed by atoms with E-state index in [1.165, 1.54) is 38.9 Å². The summed E-state index contributed by atoms with van der Waals surface area (Å²) in [6.45, 7) is 9.15. The van der Waals surface area contributed by atoms with Crippen molar-refractivity contribution >= 4 is 0 Å². The van der Waals surface area contributed by atoms with Crippen molar-refractivity contribution in [1.29, 1.82) is 0 Å². The molecule has 2 aliphatic rings. The highest BCUT2D eigenvalue weighted by atomic mass is 16.5. The maximum absolute atomic E-state index is 5.71. The second kappa shape index (κ2) is 5.48. The average molecular weight is 226 g/mol. The molecule has 0 aliphatic carbocycles. The van der Waals surface area contributed by atoms with Gasteiger partial charge in [-0.3, -0.25) is 0 Å². The molecule has 0 bridgehead atoms. The van der Waals surface area contributed by atoms with Gasteiger partial charge in [-0.1, -0.05) is 6.92 Å². The Balaban J connectivity index is 1.91. The van der Waals surface area contributed by atoms with Gasteiger partial charge in [0.1, 0.15) is 0 Å². The first-order valence-corrected chi connectivity index (χ1v) is 6.69. The molecule has 2 atom stereocenters. The van der Waals surface area contributed by atoms with Gasteiger partial charge in [-0.25, -0.2) is 0 Å². The molecule has 0 aromatic rings. The average Bonchev–Trinajstić information content (AvgIpc) is 2.65. The number of nitrogens with zero attached hydrogens (tertiary/aromatic N) is 1. The first-order valence-electron chi connectivity index (χ1n) is 6.69.